The zero-order chi connectivity index (χ0) is 11.6. The lowest BCUT2D eigenvalue weighted by Crippen LogP contribution is -2.29. The van der Waals surface area contributed by atoms with E-state index in [0.29, 0.717) is 6.54 Å². The van der Waals surface area contributed by atoms with Gasteiger partial charge in [0.1, 0.15) is 0 Å². The van der Waals surface area contributed by atoms with E-state index in [9.17, 15) is 4.79 Å². The number of carbonyl (C=O) groups is 1. The third-order valence-corrected chi connectivity index (χ3v) is 3.40. The highest BCUT2D eigenvalue weighted by molar-refractivity contribution is 5.71. The SMILES string of the molecule is COC(=O)CNCC1CCCCCCCC1. The van der Waals surface area contributed by atoms with Gasteiger partial charge in [0.15, 0.2) is 0 Å². The summed E-state index contributed by atoms with van der Waals surface area (Å²) in [6.07, 6.45) is 10.9. The minimum atomic E-state index is -0.164. The van der Waals surface area contributed by atoms with Crippen LogP contribution in [0.5, 0.6) is 0 Å². The Kier molecular flexibility index (Phi) is 7.23. The topological polar surface area (TPSA) is 38.3 Å². The van der Waals surface area contributed by atoms with E-state index in [1.165, 1.54) is 58.5 Å². The number of hydrogen-bond donors (Lipinski definition) is 1. The fraction of sp³-hybridized carbons (Fsp3) is 0.923. The molecule has 1 aliphatic rings. The number of hydrogen-bond acceptors (Lipinski definition) is 3. The molecule has 0 aliphatic heterocycles. The van der Waals surface area contributed by atoms with Crippen molar-refractivity contribution in [3.05, 3.63) is 0 Å². The Hall–Kier alpha value is -0.570. The molecule has 0 spiro atoms. The van der Waals surface area contributed by atoms with Crippen molar-refractivity contribution < 1.29 is 9.53 Å². The fourth-order valence-corrected chi connectivity index (χ4v) is 2.37. The van der Waals surface area contributed by atoms with Crippen LogP contribution in [-0.2, 0) is 9.53 Å². The van der Waals surface area contributed by atoms with Crippen LogP contribution in [0.15, 0.2) is 0 Å². The van der Waals surface area contributed by atoms with Crippen LogP contribution in [0.1, 0.15) is 51.4 Å². The number of esters is 1. The molecule has 0 aromatic carbocycles. The number of ether oxygens (including phenoxy) is 1. The molecule has 0 heterocycles. The first-order valence-corrected chi connectivity index (χ1v) is 6.60. The zero-order valence-electron chi connectivity index (χ0n) is 10.5. The van der Waals surface area contributed by atoms with Crippen LogP contribution in [0.25, 0.3) is 0 Å². The van der Waals surface area contributed by atoms with E-state index in [0.717, 1.165) is 12.5 Å². The van der Waals surface area contributed by atoms with Crippen LogP contribution >= 0.6 is 0 Å². The lowest BCUT2D eigenvalue weighted by atomic mass is 9.97. The molecule has 16 heavy (non-hydrogen) atoms. The van der Waals surface area contributed by atoms with Crippen LogP contribution in [0.3, 0.4) is 0 Å². The maximum atomic E-state index is 10.9. The summed E-state index contributed by atoms with van der Waals surface area (Å²) in [6.45, 7) is 1.32. The first kappa shape index (κ1) is 13.5. The smallest absolute Gasteiger partial charge is 0.319 e. The Balaban J connectivity index is 2.14. The Morgan fingerprint density at radius 1 is 1.12 bits per heavy atom. The zero-order valence-corrected chi connectivity index (χ0v) is 10.5. The van der Waals surface area contributed by atoms with Gasteiger partial charge < -0.3 is 10.1 Å². The second kappa shape index (κ2) is 8.57. The molecule has 0 radical (unpaired) electrons. The van der Waals surface area contributed by atoms with Gasteiger partial charge in [-0.05, 0) is 25.3 Å². The molecule has 94 valence electrons. The van der Waals surface area contributed by atoms with Crippen LogP contribution < -0.4 is 5.32 Å². The number of nitrogens with one attached hydrogen (secondary N) is 1. The minimum absolute atomic E-state index is 0.164. The molecule has 0 saturated heterocycles. The summed E-state index contributed by atoms with van der Waals surface area (Å²) in [5, 5.41) is 3.20. The summed E-state index contributed by atoms with van der Waals surface area (Å²) in [5.74, 6) is 0.589. The maximum Gasteiger partial charge on any atom is 0.319 e. The summed E-state index contributed by atoms with van der Waals surface area (Å²) < 4.78 is 4.60. The minimum Gasteiger partial charge on any atom is -0.468 e. The molecule has 1 saturated carbocycles. The van der Waals surface area contributed by atoms with Crippen LogP contribution in [0.4, 0.5) is 0 Å². The van der Waals surface area contributed by atoms with Crippen molar-refractivity contribution in [2.75, 3.05) is 20.2 Å². The van der Waals surface area contributed by atoms with Gasteiger partial charge in [0.25, 0.3) is 0 Å². The molecule has 0 bridgehead atoms. The van der Waals surface area contributed by atoms with E-state index in [2.05, 4.69) is 10.1 Å². The molecular formula is C13H25NO2. The molecule has 0 aromatic rings. The van der Waals surface area contributed by atoms with Crippen molar-refractivity contribution >= 4 is 5.97 Å². The van der Waals surface area contributed by atoms with E-state index in [1.54, 1.807) is 0 Å². The van der Waals surface area contributed by atoms with E-state index < -0.39 is 0 Å². The van der Waals surface area contributed by atoms with Crippen molar-refractivity contribution in [3.8, 4) is 0 Å². The van der Waals surface area contributed by atoms with Gasteiger partial charge in [-0.2, -0.15) is 0 Å². The number of carbonyl (C=O) groups excluding carboxylic acids is 1. The fourth-order valence-electron chi connectivity index (χ4n) is 2.37. The molecule has 0 unspecified atom stereocenters. The monoisotopic (exact) mass is 227 g/mol. The molecule has 3 heteroatoms. The summed E-state index contributed by atoms with van der Waals surface area (Å²) in [4.78, 5) is 10.9. The molecule has 3 nitrogen and oxygen atoms in total. The van der Waals surface area contributed by atoms with Crippen LogP contribution in [0, 0.1) is 5.92 Å². The highest BCUT2D eigenvalue weighted by atomic mass is 16.5. The molecule has 1 N–H and O–H groups in total. The summed E-state index contributed by atoms with van der Waals surface area (Å²) in [7, 11) is 1.43. The Labute approximate surface area is 98.9 Å². The van der Waals surface area contributed by atoms with Crippen LogP contribution in [0.2, 0.25) is 0 Å². The highest BCUT2D eigenvalue weighted by Crippen LogP contribution is 2.21. The van der Waals surface area contributed by atoms with Crippen molar-refractivity contribution in [2.24, 2.45) is 5.92 Å². The predicted molar refractivity (Wildman–Crippen MR) is 65.3 cm³/mol. The highest BCUT2D eigenvalue weighted by Gasteiger charge is 2.10. The van der Waals surface area contributed by atoms with Gasteiger partial charge in [-0.3, -0.25) is 4.79 Å². The van der Waals surface area contributed by atoms with Crippen LogP contribution in [-0.4, -0.2) is 26.2 Å². The van der Waals surface area contributed by atoms with Crippen molar-refractivity contribution in [1.82, 2.24) is 5.32 Å². The maximum absolute atomic E-state index is 10.9. The predicted octanol–water partition coefficient (Wildman–Crippen LogP) is 2.50. The van der Waals surface area contributed by atoms with Gasteiger partial charge in [0.2, 0.25) is 0 Å². The van der Waals surface area contributed by atoms with E-state index >= 15 is 0 Å². The van der Waals surface area contributed by atoms with Gasteiger partial charge in [-0.15, -0.1) is 0 Å². The standard InChI is InChI=1S/C13H25NO2/c1-16-13(15)11-14-10-12-8-6-4-2-3-5-7-9-12/h12,14H,2-11H2,1H3. The average Bonchev–Trinajstić information content (AvgIpc) is 2.42. The third kappa shape index (κ3) is 6.11. The largest absolute Gasteiger partial charge is 0.468 e. The lowest BCUT2D eigenvalue weighted by molar-refractivity contribution is -0.139. The van der Waals surface area contributed by atoms with E-state index in [4.69, 9.17) is 0 Å². The molecule has 1 fully saturated rings. The van der Waals surface area contributed by atoms with Crippen molar-refractivity contribution in [1.29, 1.82) is 0 Å². The van der Waals surface area contributed by atoms with Gasteiger partial charge in [0.05, 0.1) is 13.7 Å². The van der Waals surface area contributed by atoms with Crippen molar-refractivity contribution in [3.63, 3.8) is 0 Å². The molecular weight excluding hydrogens is 202 g/mol. The molecule has 0 amide bonds. The summed E-state index contributed by atoms with van der Waals surface area (Å²) >= 11 is 0. The quantitative estimate of drug-likeness (QED) is 0.750. The lowest BCUT2D eigenvalue weighted by Gasteiger charge is -2.16. The Morgan fingerprint density at radius 3 is 2.25 bits per heavy atom. The normalized spacial score (nSPS) is 19.6. The molecule has 1 rings (SSSR count). The molecule has 0 atom stereocenters. The van der Waals surface area contributed by atoms with Gasteiger partial charge in [0, 0.05) is 0 Å². The van der Waals surface area contributed by atoms with E-state index in [-0.39, 0.29) is 5.97 Å². The first-order chi connectivity index (χ1) is 7.83. The average molecular weight is 227 g/mol. The van der Waals surface area contributed by atoms with Gasteiger partial charge >= 0.3 is 5.97 Å². The van der Waals surface area contributed by atoms with Crippen molar-refractivity contribution in [2.45, 2.75) is 51.4 Å². The number of rotatable bonds is 4. The second-order valence-corrected chi connectivity index (χ2v) is 4.77. The van der Waals surface area contributed by atoms with Gasteiger partial charge in [-0.1, -0.05) is 38.5 Å². The Bertz CT molecular complexity index is 184. The molecule has 0 aromatic heterocycles. The van der Waals surface area contributed by atoms with Gasteiger partial charge in [-0.25, -0.2) is 0 Å². The number of methoxy groups -OCH3 is 1. The molecule has 1 aliphatic carbocycles. The Morgan fingerprint density at radius 2 is 1.69 bits per heavy atom. The van der Waals surface area contributed by atoms with E-state index in [1.807, 2.05) is 0 Å². The second-order valence-electron chi connectivity index (χ2n) is 4.77. The summed E-state index contributed by atoms with van der Waals surface area (Å²) in [5.41, 5.74) is 0. The summed E-state index contributed by atoms with van der Waals surface area (Å²) in [6, 6.07) is 0. The third-order valence-electron chi connectivity index (χ3n) is 3.40. The first-order valence-electron chi connectivity index (χ1n) is 6.60.